The molecule has 2 aromatic heterocycles. The van der Waals surface area contributed by atoms with E-state index in [9.17, 15) is 39.0 Å². The molecular weight excluding hydrogens is 1500 g/mol. The molecule has 18 heteroatoms. The molecule has 6 atom stereocenters. The van der Waals surface area contributed by atoms with E-state index in [1.807, 2.05) is 54.6 Å². The third-order valence-corrected chi connectivity index (χ3v) is 24.2. The third kappa shape index (κ3) is 18.8. The number of fused-ring (bicyclic) bond motifs is 6. The van der Waals surface area contributed by atoms with Gasteiger partial charge in [-0.25, -0.2) is 0 Å². The van der Waals surface area contributed by atoms with Crippen molar-refractivity contribution in [3.05, 3.63) is 309 Å². The zero-order valence-corrected chi connectivity index (χ0v) is 68.5. The highest BCUT2D eigenvalue weighted by atomic mass is 16.6. The van der Waals surface area contributed by atoms with E-state index in [4.69, 9.17) is 25.2 Å². The lowest BCUT2D eigenvalue weighted by Gasteiger charge is -2.34. The predicted molar refractivity (Wildman–Crippen MR) is 467 cm³/mol. The van der Waals surface area contributed by atoms with Gasteiger partial charge >= 0.3 is 5.97 Å². The van der Waals surface area contributed by atoms with Crippen LogP contribution in [0.25, 0.3) is 44.1 Å². The molecule has 0 unspecified atom stereocenters. The number of hydrogen-bond donors (Lipinski definition) is 6. The Morgan fingerprint density at radius 2 is 0.992 bits per heavy atom. The molecule has 3 aliphatic heterocycles. The molecular formula is C102H103N7O11. The standard InChI is InChI=1S/C52H55N3O6.C48H45N3O5.C2H3N/c1-52(2,3)61-48(57)26-25-47(50(53)58)55-32-39-28-35(15-22-44(39)51(55)59)36-17-24-46-45(30-36)38(31-54-46)12-8-5-9-27-60-41-19-13-34(14-20-41)49-42(33-10-6-4-7-11-33)21-16-37-29-40(56)18-23-43(37)49;52-37-15-20-40-34(26-37)13-18-39(30-7-3-1-4-8-30)46(40)31-10-16-38(17-11-31)56-24-6-2-5-9-35-28-49-43-21-14-33(27-42(35)43)32-12-19-41-36(25-32)29-51(48(41)55)44-22-23-45(53)50-47(44)54;1-2-3/h4,6-7,10-11,13-15,17-20,22-24,28-31,42,47,49,54,56H,5,8-9,12,16,21,25-27,32H2,1-3H3,(H2,53,58);1,3-4,7-8,10-12,14-17,19-21,25-28,39,44,46,49,52H,2,5-6,9,13,18,22-24,29H2,(H,50,53,54);1H3/t42-,47+,49+;39-,44+,46+;/m11./s1. The molecule has 1 saturated heterocycles. The molecule has 0 bridgehead atoms. The minimum Gasteiger partial charge on any atom is -0.508 e. The number of nitrogens with zero attached hydrogens (tertiary/aromatic N) is 3. The number of carbonyl (C=O) groups is 6. The van der Waals surface area contributed by atoms with Gasteiger partial charge in [-0.3, -0.25) is 34.1 Å². The number of esters is 1. The number of phenols is 2. The van der Waals surface area contributed by atoms with Crippen LogP contribution in [0.15, 0.2) is 231 Å². The molecule has 10 aromatic carbocycles. The van der Waals surface area contributed by atoms with Gasteiger partial charge in [0, 0.05) is 90.0 Å². The molecule has 120 heavy (non-hydrogen) atoms. The normalized spacial score (nSPS) is 17.4. The summed E-state index contributed by atoms with van der Waals surface area (Å²) in [6.45, 7) is 8.71. The maximum atomic E-state index is 13.4. The van der Waals surface area contributed by atoms with Gasteiger partial charge in [0.2, 0.25) is 17.7 Å². The van der Waals surface area contributed by atoms with E-state index in [-0.39, 0.29) is 55.4 Å². The summed E-state index contributed by atoms with van der Waals surface area (Å²) in [5, 5.41) is 32.4. The molecule has 18 nitrogen and oxygen atoms in total. The van der Waals surface area contributed by atoms with Gasteiger partial charge in [0.25, 0.3) is 11.8 Å². The van der Waals surface area contributed by atoms with Crippen molar-refractivity contribution in [3.8, 4) is 51.3 Å². The second-order valence-electron chi connectivity index (χ2n) is 33.3. The molecule has 612 valence electrons. The number of nitrogens with one attached hydrogen (secondary N) is 3. The number of carbonyl (C=O) groups excluding carboxylic acids is 6. The number of unbranched alkanes of at least 4 members (excludes halogenated alkanes) is 4. The molecule has 5 heterocycles. The number of piperidine rings is 1. The minimum absolute atomic E-state index is 0.0145. The predicted octanol–water partition coefficient (Wildman–Crippen LogP) is 19.6. The second kappa shape index (κ2) is 36.9. The second-order valence-corrected chi connectivity index (χ2v) is 33.3. The highest BCUT2D eigenvalue weighted by Crippen LogP contribution is 2.50. The molecule has 0 spiro atoms. The largest absolute Gasteiger partial charge is 0.508 e. The van der Waals surface area contributed by atoms with Crippen LogP contribution in [0.5, 0.6) is 23.0 Å². The van der Waals surface area contributed by atoms with Crippen molar-refractivity contribution < 1.29 is 53.2 Å². The van der Waals surface area contributed by atoms with E-state index in [0.717, 1.165) is 133 Å². The van der Waals surface area contributed by atoms with Crippen molar-refractivity contribution in [2.45, 2.75) is 185 Å². The lowest BCUT2D eigenvalue weighted by atomic mass is 9.69. The highest BCUT2D eigenvalue weighted by molar-refractivity contribution is 6.06. The number of primary amides is 1. The lowest BCUT2D eigenvalue weighted by molar-refractivity contribution is -0.155. The summed E-state index contributed by atoms with van der Waals surface area (Å²) >= 11 is 0. The third-order valence-electron chi connectivity index (χ3n) is 24.2. The average Bonchev–Trinajstić information content (AvgIpc) is 1.66. The number of rotatable bonds is 26. The van der Waals surface area contributed by atoms with Gasteiger partial charge < -0.3 is 49.9 Å². The fourth-order valence-corrected chi connectivity index (χ4v) is 18.4. The van der Waals surface area contributed by atoms with E-state index in [2.05, 4.69) is 191 Å². The number of aromatic nitrogens is 2. The van der Waals surface area contributed by atoms with E-state index in [0.29, 0.717) is 60.6 Å². The quantitative estimate of drug-likeness (QED) is 0.0168. The van der Waals surface area contributed by atoms with Crippen LogP contribution in [-0.2, 0) is 62.7 Å². The van der Waals surface area contributed by atoms with Gasteiger partial charge in [0.15, 0.2) is 0 Å². The minimum atomic E-state index is -0.912. The average molecular weight is 1600 g/mol. The summed E-state index contributed by atoms with van der Waals surface area (Å²) in [5.74, 6) is 1.40. The number of benzene rings is 10. The molecule has 0 saturated carbocycles. The Bertz CT molecular complexity index is 5780. The van der Waals surface area contributed by atoms with Crippen LogP contribution in [0, 0.1) is 11.3 Å². The number of phenolic OH excluding ortho intramolecular Hbond substituents is 2. The van der Waals surface area contributed by atoms with Crippen molar-refractivity contribution in [3.63, 3.8) is 0 Å². The van der Waals surface area contributed by atoms with Crippen LogP contribution in [0.4, 0.5) is 0 Å². The van der Waals surface area contributed by atoms with Crippen molar-refractivity contribution in [1.82, 2.24) is 25.1 Å². The van der Waals surface area contributed by atoms with Crippen molar-refractivity contribution in [2.24, 2.45) is 5.73 Å². The maximum Gasteiger partial charge on any atom is 0.306 e. The molecule has 2 aliphatic carbocycles. The van der Waals surface area contributed by atoms with Crippen LogP contribution in [0.1, 0.15) is 216 Å². The molecule has 5 amide bonds. The summed E-state index contributed by atoms with van der Waals surface area (Å²) in [6, 6.07) is 75.2. The Balaban J connectivity index is 0.000000182. The Labute approximate surface area is 700 Å². The number of H-pyrrole nitrogens is 2. The Hall–Kier alpha value is -13.0. The number of aromatic amines is 2. The number of nitriles is 1. The van der Waals surface area contributed by atoms with E-state index in [1.165, 1.54) is 78.2 Å². The zero-order valence-electron chi connectivity index (χ0n) is 68.5. The number of hydrogen-bond acceptors (Lipinski definition) is 12. The number of amides is 5. The number of nitrogens with two attached hydrogens (primary N) is 1. The first kappa shape index (κ1) is 82.1. The Morgan fingerprint density at radius 3 is 1.47 bits per heavy atom. The van der Waals surface area contributed by atoms with Gasteiger partial charge in [0.1, 0.15) is 40.7 Å². The Kier molecular flexibility index (Phi) is 25.2. The molecule has 12 aromatic rings. The zero-order chi connectivity index (χ0) is 83.6. The first-order chi connectivity index (χ1) is 58.2. The van der Waals surface area contributed by atoms with Crippen LogP contribution >= 0.6 is 0 Å². The molecule has 5 aliphatic rings. The maximum absolute atomic E-state index is 13.4. The van der Waals surface area contributed by atoms with Crippen LogP contribution in [0.2, 0.25) is 0 Å². The summed E-state index contributed by atoms with van der Waals surface area (Å²) in [4.78, 5) is 85.6. The number of imide groups is 1. The first-order valence-corrected chi connectivity index (χ1v) is 42.2. The van der Waals surface area contributed by atoms with Crippen molar-refractivity contribution in [1.29, 1.82) is 5.26 Å². The summed E-state index contributed by atoms with van der Waals surface area (Å²) < 4.78 is 17.8. The van der Waals surface area contributed by atoms with Gasteiger partial charge in [-0.15, -0.1) is 0 Å². The first-order valence-electron chi connectivity index (χ1n) is 42.2. The van der Waals surface area contributed by atoms with Crippen molar-refractivity contribution in [2.75, 3.05) is 13.2 Å². The summed E-state index contributed by atoms with van der Waals surface area (Å²) in [7, 11) is 0. The number of ether oxygens (including phenoxy) is 3. The molecule has 0 radical (unpaired) electrons. The fourth-order valence-electron chi connectivity index (χ4n) is 18.4. The molecule has 17 rings (SSSR count). The van der Waals surface area contributed by atoms with E-state index < -0.39 is 35.5 Å². The lowest BCUT2D eigenvalue weighted by Crippen LogP contribution is -2.52. The highest BCUT2D eigenvalue weighted by Gasteiger charge is 2.41. The van der Waals surface area contributed by atoms with E-state index >= 15 is 0 Å². The van der Waals surface area contributed by atoms with Crippen LogP contribution < -0.4 is 20.5 Å². The summed E-state index contributed by atoms with van der Waals surface area (Å²) in [6.07, 6.45) is 16.9. The monoisotopic (exact) mass is 1600 g/mol. The molecule has 1 fully saturated rings. The number of aryl methyl sites for hydroxylation is 4. The smallest absolute Gasteiger partial charge is 0.306 e. The van der Waals surface area contributed by atoms with Gasteiger partial charge in [-0.1, -0.05) is 121 Å². The summed E-state index contributed by atoms with van der Waals surface area (Å²) in [5.41, 5.74) is 27.1. The van der Waals surface area contributed by atoms with Gasteiger partial charge in [0.05, 0.1) is 19.3 Å². The van der Waals surface area contributed by atoms with Crippen molar-refractivity contribution >= 4 is 57.3 Å². The number of aromatic hydroxyl groups is 2. The van der Waals surface area contributed by atoms with Gasteiger partial charge in [-0.2, -0.15) is 5.26 Å². The van der Waals surface area contributed by atoms with Crippen LogP contribution in [0.3, 0.4) is 0 Å². The Morgan fingerprint density at radius 1 is 0.525 bits per heavy atom. The fraction of sp³-hybridized carbons (Fsp3) is 0.304. The van der Waals surface area contributed by atoms with Gasteiger partial charge in [-0.05, 0) is 309 Å². The molecule has 7 N–H and O–H groups in total. The van der Waals surface area contributed by atoms with Crippen LogP contribution in [-0.4, -0.2) is 96.4 Å². The van der Waals surface area contributed by atoms with E-state index in [1.54, 1.807) is 31.7 Å². The topological polar surface area (TPSA) is 270 Å². The SMILES string of the molecule is CC#N.CC(C)(C)OC(=O)CC[C@@H](C(N)=O)N1Cc2cc(-c3ccc4[nH]cc(CCCCCOc5ccc([C@@H]6c7ccc(O)cc7CC[C@@H]6c6ccccc6)cc5)c4c3)ccc2C1=O.O=C1CC[C@H](N2Cc3cc(-c4ccc5[nH]cc(CCCCCOc6ccc([C@@H]7c8ccc(O)cc8CC[C@@H]7c7ccccc7)cc6)c5c4)ccc3C2=O)C(=O)N1.